The molecular weight excluding hydrogens is 625 g/mol. The highest BCUT2D eigenvalue weighted by atomic mass is 16.7. The first kappa shape index (κ1) is 35.3. The van der Waals surface area contributed by atoms with Crippen LogP contribution in [0.2, 0.25) is 6.32 Å². The van der Waals surface area contributed by atoms with E-state index < -0.39 is 30.4 Å². The van der Waals surface area contributed by atoms with E-state index in [1.807, 2.05) is 18.2 Å². The van der Waals surface area contributed by atoms with E-state index in [0.717, 1.165) is 12.8 Å². The van der Waals surface area contributed by atoms with Gasteiger partial charge in [-0.1, -0.05) is 38.1 Å². The van der Waals surface area contributed by atoms with Crippen molar-refractivity contribution in [2.75, 3.05) is 13.1 Å². The summed E-state index contributed by atoms with van der Waals surface area (Å²) in [5.74, 6) is 0.483. The average molecular weight is 676 g/mol. The summed E-state index contributed by atoms with van der Waals surface area (Å²) in [7, 11) is -0.441. The zero-order chi connectivity index (χ0) is 35.5. The van der Waals surface area contributed by atoms with E-state index in [1.165, 1.54) is 0 Å². The van der Waals surface area contributed by atoms with E-state index in [2.05, 4.69) is 20.8 Å². The fourth-order valence-electron chi connectivity index (χ4n) is 7.87. The summed E-state index contributed by atoms with van der Waals surface area (Å²) in [6.07, 6.45) is 1.72. The van der Waals surface area contributed by atoms with Crippen LogP contribution >= 0.6 is 0 Å². The maximum Gasteiger partial charge on any atom is 0.514 e. The van der Waals surface area contributed by atoms with Crippen molar-refractivity contribution in [3.8, 4) is 11.5 Å². The van der Waals surface area contributed by atoms with Crippen molar-refractivity contribution in [2.24, 2.45) is 17.3 Å². The van der Waals surface area contributed by atoms with Gasteiger partial charge in [0.2, 0.25) is 0 Å². The van der Waals surface area contributed by atoms with Gasteiger partial charge in [0, 0.05) is 5.56 Å². The van der Waals surface area contributed by atoms with Gasteiger partial charge in [0.15, 0.2) is 5.75 Å². The lowest BCUT2D eigenvalue weighted by Gasteiger charge is -2.64. The van der Waals surface area contributed by atoms with Crippen molar-refractivity contribution < 1.29 is 42.6 Å². The second-order valence-electron chi connectivity index (χ2n) is 16.7. The quantitative estimate of drug-likeness (QED) is 0.164. The molecule has 0 aromatic heterocycles. The molecule has 0 radical (unpaired) electrons. The molecule has 2 bridgehead atoms. The highest BCUT2D eigenvalue weighted by Crippen LogP contribution is 2.65. The van der Waals surface area contributed by atoms with Crippen molar-refractivity contribution in [3.05, 3.63) is 59.2 Å². The lowest BCUT2D eigenvalue weighted by atomic mass is 9.43. The number of aryl methyl sites for hydroxylation is 1. The number of amides is 1. The molecular formula is C38H50BNO9. The lowest BCUT2D eigenvalue weighted by Crippen LogP contribution is -2.65. The maximum absolute atomic E-state index is 13.9. The number of likely N-dealkylation sites (tertiary alicyclic amines) is 1. The molecule has 0 unspecified atom stereocenters. The number of carbonyl (C=O) groups is 3. The van der Waals surface area contributed by atoms with E-state index in [0.29, 0.717) is 48.8 Å². The Kier molecular flexibility index (Phi) is 9.10. The van der Waals surface area contributed by atoms with Gasteiger partial charge in [-0.2, -0.15) is 0 Å². The van der Waals surface area contributed by atoms with Gasteiger partial charge in [0.05, 0.1) is 24.8 Å². The van der Waals surface area contributed by atoms with Crippen LogP contribution in [0.5, 0.6) is 11.5 Å². The van der Waals surface area contributed by atoms with Crippen LogP contribution in [0.15, 0.2) is 42.5 Å². The Morgan fingerprint density at radius 1 is 0.918 bits per heavy atom. The minimum atomic E-state index is -0.951. The molecule has 3 saturated carbocycles. The molecule has 4 atom stereocenters. The Bertz CT molecular complexity index is 1590. The molecule has 2 aliphatic heterocycles. The third-order valence-electron chi connectivity index (χ3n) is 10.5. The van der Waals surface area contributed by atoms with Crippen LogP contribution < -0.4 is 9.47 Å². The number of esters is 1. The van der Waals surface area contributed by atoms with Crippen LogP contribution in [0.1, 0.15) is 101 Å². The Morgan fingerprint density at radius 2 is 1.59 bits per heavy atom. The molecule has 264 valence electrons. The fourth-order valence-corrected chi connectivity index (χ4v) is 7.87. The van der Waals surface area contributed by atoms with Crippen molar-refractivity contribution in [3.63, 3.8) is 0 Å². The Labute approximate surface area is 290 Å². The third kappa shape index (κ3) is 7.20. The Balaban J connectivity index is 1.25. The second kappa shape index (κ2) is 12.6. The highest BCUT2D eigenvalue weighted by molar-refractivity contribution is 6.45. The SMILES string of the molecule is CC(C)(C)OC(=O)Oc1c(CCB2O[C@@H]3C[C@@H]4C[C@@H](C4(C)C)[C@]3(C)O2)ccc(OC2CN(C(=O)c3ccccc3)C2)c1C(=O)OC(C)(C)C. The van der Waals surface area contributed by atoms with Gasteiger partial charge in [-0.25, -0.2) is 9.59 Å². The minimum Gasteiger partial charge on any atom is -0.486 e. The summed E-state index contributed by atoms with van der Waals surface area (Å²) in [5.41, 5.74) is -0.623. The molecule has 10 nitrogen and oxygen atoms in total. The molecule has 3 aliphatic carbocycles. The predicted octanol–water partition coefficient (Wildman–Crippen LogP) is 7.13. The molecule has 2 heterocycles. The molecule has 49 heavy (non-hydrogen) atoms. The number of hydrogen-bond donors (Lipinski definition) is 0. The second-order valence-corrected chi connectivity index (χ2v) is 16.7. The van der Waals surface area contributed by atoms with Crippen LogP contribution in [-0.2, 0) is 25.2 Å². The van der Waals surface area contributed by atoms with Gasteiger partial charge in [0.25, 0.3) is 5.91 Å². The van der Waals surface area contributed by atoms with E-state index in [1.54, 1.807) is 70.7 Å². The van der Waals surface area contributed by atoms with E-state index in [-0.39, 0.29) is 46.2 Å². The van der Waals surface area contributed by atoms with Gasteiger partial charge in [-0.15, -0.1) is 0 Å². The van der Waals surface area contributed by atoms with Crippen LogP contribution in [0, 0.1) is 17.3 Å². The number of rotatable bonds is 8. The van der Waals surface area contributed by atoms with Gasteiger partial charge in [-0.3, -0.25) is 4.79 Å². The summed E-state index contributed by atoms with van der Waals surface area (Å²) in [6, 6.07) is 12.5. The lowest BCUT2D eigenvalue weighted by molar-refractivity contribution is -0.199. The topological polar surface area (TPSA) is 110 Å². The van der Waals surface area contributed by atoms with Crippen molar-refractivity contribution in [2.45, 2.75) is 117 Å². The number of nitrogens with zero attached hydrogens (tertiary/aromatic N) is 1. The first-order valence-corrected chi connectivity index (χ1v) is 17.5. The minimum absolute atomic E-state index is 0.0115. The zero-order valence-corrected chi connectivity index (χ0v) is 30.3. The van der Waals surface area contributed by atoms with Gasteiger partial charge >= 0.3 is 19.2 Å². The summed E-state index contributed by atoms with van der Waals surface area (Å²) in [6.45, 7) is 18.0. The van der Waals surface area contributed by atoms with Gasteiger partial charge in [-0.05, 0) is 115 Å². The number of benzene rings is 2. The highest BCUT2D eigenvalue weighted by Gasteiger charge is 2.67. The Morgan fingerprint density at radius 3 is 2.22 bits per heavy atom. The number of ether oxygens (including phenoxy) is 4. The van der Waals surface area contributed by atoms with Crippen LogP contribution in [0.25, 0.3) is 0 Å². The number of carbonyl (C=O) groups excluding carboxylic acids is 3. The predicted molar refractivity (Wildman–Crippen MR) is 184 cm³/mol. The first-order chi connectivity index (χ1) is 22.8. The van der Waals surface area contributed by atoms with Crippen molar-refractivity contribution >= 4 is 25.2 Å². The van der Waals surface area contributed by atoms with Gasteiger partial charge in [0.1, 0.15) is 28.6 Å². The third-order valence-corrected chi connectivity index (χ3v) is 10.5. The molecule has 0 N–H and O–H groups in total. The zero-order valence-electron chi connectivity index (χ0n) is 30.3. The molecule has 2 saturated heterocycles. The fraction of sp³-hybridized carbons (Fsp3) is 0.605. The van der Waals surface area contributed by atoms with Gasteiger partial charge < -0.3 is 33.2 Å². The normalized spacial score (nSPS) is 25.9. The first-order valence-electron chi connectivity index (χ1n) is 17.5. The molecule has 0 spiro atoms. The van der Waals surface area contributed by atoms with E-state index >= 15 is 0 Å². The number of hydrogen-bond acceptors (Lipinski definition) is 9. The smallest absolute Gasteiger partial charge is 0.486 e. The molecule has 1 amide bonds. The van der Waals surface area contributed by atoms with Crippen LogP contribution in [0.3, 0.4) is 0 Å². The molecule has 2 aromatic carbocycles. The summed E-state index contributed by atoms with van der Waals surface area (Å²) in [4.78, 5) is 41.6. The molecule has 11 heteroatoms. The summed E-state index contributed by atoms with van der Waals surface area (Å²) < 4.78 is 36.6. The molecule has 5 fully saturated rings. The summed E-state index contributed by atoms with van der Waals surface area (Å²) in [5, 5.41) is 0. The van der Waals surface area contributed by atoms with Crippen molar-refractivity contribution in [1.29, 1.82) is 0 Å². The molecule has 7 rings (SSSR count). The molecule has 2 aromatic rings. The summed E-state index contributed by atoms with van der Waals surface area (Å²) >= 11 is 0. The molecule has 5 aliphatic rings. The van der Waals surface area contributed by atoms with Crippen LogP contribution in [-0.4, -0.2) is 72.2 Å². The Hall–Kier alpha value is -3.57. The largest absolute Gasteiger partial charge is 0.514 e. The van der Waals surface area contributed by atoms with E-state index in [4.69, 9.17) is 28.3 Å². The van der Waals surface area contributed by atoms with Crippen LogP contribution in [0.4, 0.5) is 4.79 Å². The average Bonchev–Trinajstić information content (AvgIpc) is 3.32. The standard InChI is InChI=1S/C38H50BNO9/c1-35(2,3)46-33(42)30-27(44-26-21-40(22-26)32(41)24-13-11-10-12-14-24)16-15-23(31(30)45-34(43)47-36(4,5)6)17-18-39-48-29-20-25-19-28(37(25,7)8)38(29,9)49-39/h10-16,25-26,28-29H,17-22H2,1-9H3/t25-,28-,29+,38-/m0/s1. The van der Waals surface area contributed by atoms with Crippen molar-refractivity contribution in [1.82, 2.24) is 4.90 Å². The monoisotopic (exact) mass is 675 g/mol. The maximum atomic E-state index is 13.9. The van der Waals surface area contributed by atoms with E-state index in [9.17, 15) is 14.4 Å².